The van der Waals surface area contributed by atoms with Gasteiger partial charge in [0.25, 0.3) is 0 Å². The van der Waals surface area contributed by atoms with Gasteiger partial charge in [0.2, 0.25) is 11.8 Å². The summed E-state index contributed by atoms with van der Waals surface area (Å²) in [5.41, 5.74) is 5.61. The van der Waals surface area contributed by atoms with Crippen molar-refractivity contribution in [3.05, 3.63) is 0 Å². The zero-order valence-corrected chi connectivity index (χ0v) is 12.1. The van der Waals surface area contributed by atoms with Crippen LogP contribution in [0.5, 0.6) is 0 Å². The highest BCUT2D eigenvalue weighted by Crippen LogP contribution is 2.18. The molecule has 0 saturated heterocycles. The lowest BCUT2D eigenvalue weighted by Gasteiger charge is -2.16. The second kappa shape index (κ2) is 8.15. The van der Waals surface area contributed by atoms with Gasteiger partial charge in [0.05, 0.1) is 5.92 Å². The van der Waals surface area contributed by atoms with Crippen LogP contribution in [0.2, 0.25) is 0 Å². The molecule has 1 atom stereocenters. The summed E-state index contributed by atoms with van der Waals surface area (Å²) < 4.78 is 0. The van der Waals surface area contributed by atoms with Crippen LogP contribution in [0.15, 0.2) is 0 Å². The van der Waals surface area contributed by atoms with E-state index >= 15 is 0 Å². The summed E-state index contributed by atoms with van der Waals surface area (Å²) in [6.07, 6.45) is 4.19. The zero-order chi connectivity index (χ0) is 14.3. The van der Waals surface area contributed by atoms with Crippen molar-refractivity contribution in [2.75, 3.05) is 13.1 Å². The molecule has 1 fully saturated rings. The van der Waals surface area contributed by atoms with Crippen LogP contribution >= 0.6 is 0 Å². The van der Waals surface area contributed by atoms with Gasteiger partial charge in [-0.1, -0.05) is 13.8 Å². The standard InChI is InChI=1S/C14H27N3O2/c1-10(2)8-11(9-15)14(19)16-7-3-4-13(18)17-12-5-6-12/h10-12H,3-9,15H2,1-2H3,(H,16,19)(H,17,18). The van der Waals surface area contributed by atoms with E-state index in [0.717, 1.165) is 19.3 Å². The molecule has 0 aromatic heterocycles. The SMILES string of the molecule is CC(C)CC(CN)C(=O)NCCCC(=O)NC1CC1. The summed E-state index contributed by atoms with van der Waals surface area (Å²) in [7, 11) is 0. The largest absolute Gasteiger partial charge is 0.356 e. The van der Waals surface area contributed by atoms with Crippen LogP contribution in [0.4, 0.5) is 0 Å². The number of rotatable bonds is 9. The molecule has 1 aliphatic rings. The Morgan fingerprint density at radius 2 is 2.00 bits per heavy atom. The van der Waals surface area contributed by atoms with E-state index in [1.807, 2.05) is 0 Å². The Hall–Kier alpha value is -1.10. The maximum Gasteiger partial charge on any atom is 0.224 e. The lowest BCUT2D eigenvalue weighted by atomic mass is 9.96. The Morgan fingerprint density at radius 3 is 2.53 bits per heavy atom. The molecule has 0 bridgehead atoms. The quantitative estimate of drug-likeness (QED) is 0.541. The summed E-state index contributed by atoms with van der Waals surface area (Å²) in [5, 5.41) is 5.79. The van der Waals surface area contributed by atoms with Gasteiger partial charge in [-0.05, 0) is 31.6 Å². The molecule has 1 saturated carbocycles. The van der Waals surface area contributed by atoms with E-state index in [-0.39, 0.29) is 17.7 Å². The first-order chi connectivity index (χ1) is 9.02. The van der Waals surface area contributed by atoms with Crippen molar-refractivity contribution < 1.29 is 9.59 Å². The number of hydrogen-bond acceptors (Lipinski definition) is 3. The van der Waals surface area contributed by atoms with Crippen LogP contribution in [-0.2, 0) is 9.59 Å². The molecule has 0 aliphatic heterocycles. The topological polar surface area (TPSA) is 84.2 Å². The fraction of sp³-hybridized carbons (Fsp3) is 0.857. The van der Waals surface area contributed by atoms with Crippen molar-refractivity contribution in [2.45, 2.75) is 52.0 Å². The number of carbonyl (C=O) groups excluding carboxylic acids is 2. The van der Waals surface area contributed by atoms with Crippen molar-refractivity contribution in [3.63, 3.8) is 0 Å². The Labute approximate surface area is 115 Å². The van der Waals surface area contributed by atoms with E-state index in [1.54, 1.807) is 0 Å². The fourth-order valence-electron chi connectivity index (χ4n) is 2.01. The molecule has 0 aromatic rings. The molecule has 4 N–H and O–H groups in total. The van der Waals surface area contributed by atoms with Crippen LogP contribution in [0.1, 0.15) is 46.0 Å². The lowest BCUT2D eigenvalue weighted by molar-refractivity contribution is -0.125. The molecule has 5 heteroatoms. The molecule has 1 unspecified atom stereocenters. The number of nitrogens with one attached hydrogen (secondary N) is 2. The molecule has 0 heterocycles. The number of carbonyl (C=O) groups is 2. The predicted octanol–water partition coefficient (Wildman–Crippen LogP) is 0.782. The van der Waals surface area contributed by atoms with Crippen molar-refractivity contribution in [1.29, 1.82) is 0 Å². The molecular weight excluding hydrogens is 242 g/mol. The average molecular weight is 269 g/mol. The van der Waals surface area contributed by atoms with Gasteiger partial charge < -0.3 is 16.4 Å². The van der Waals surface area contributed by atoms with Gasteiger partial charge in [0, 0.05) is 25.6 Å². The first kappa shape index (κ1) is 16.0. The van der Waals surface area contributed by atoms with Gasteiger partial charge in [-0.15, -0.1) is 0 Å². The van der Waals surface area contributed by atoms with Crippen molar-refractivity contribution in [1.82, 2.24) is 10.6 Å². The zero-order valence-electron chi connectivity index (χ0n) is 12.1. The Balaban J connectivity index is 2.09. The third kappa shape index (κ3) is 7.15. The highest BCUT2D eigenvalue weighted by atomic mass is 16.2. The van der Waals surface area contributed by atoms with Crippen LogP contribution < -0.4 is 16.4 Å². The highest BCUT2D eigenvalue weighted by Gasteiger charge is 2.23. The minimum atomic E-state index is -0.111. The molecular formula is C14H27N3O2. The van der Waals surface area contributed by atoms with Crippen LogP contribution in [0.3, 0.4) is 0 Å². The molecule has 1 rings (SSSR count). The summed E-state index contributed by atoms with van der Waals surface area (Å²) in [6.45, 7) is 5.09. The minimum absolute atomic E-state index is 0.0128. The maximum absolute atomic E-state index is 11.9. The van der Waals surface area contributed by atoms with E-state index in [2.05, 4.69) is 24.5 Å². The summed E-state index contributed by atoms with van der Waals surface area (Å²) in [5.74, 6) is 0.456. The predicted molar refractivity (Wildman–Crippen MR) is 75.4 cm³/mol. The molecule has 0 aromatic carbocycles. The maximum atomic E-state index is 11.9. The van der Waals surface area contributed by atoms with Gasteiger partial charge in [-0.2, -0.15) is 0 Å². The van der Waals surface area contributed by atoms with Crippen LogP contribution in [0, 0.1) is 11.8 Å². The van der Waals surface area contributed by atoms with Gasteiger partial charge in [0.1, 0.15) is 0 Å². The van der Waals surface area contributed by atoms with Gasteiger partial charge >= 0.3 is 0 Å². The molecule has 19 heavy (non-hydrogen) atoms. The summed E-state index contributed by atoms with van der Waals surface area (Å²) in [4.78, 5) is 23.3. The smallest absolute Gasteiger partial charge is 0.224 e. The number of amides is 2. The second-order valence-corrected chi connectivity index (χ2v) is 5.80. The molecule has 5 nitrogen and oxygen atoms in total. The third-order valence-corrected chi connectivity index (χ3v) is 3.23. The molecule has 1 aliphatic carbocycles. The van der Waals surface area contributed by atoms with Gasteiger partial charge in [-0.25, -0.2) is 0 Å². The minimum Gasteiger partial charge on any atom is -0.356 e. The van der Waals surface area contributed by atoms with E-state index in [0.29, 0.717) is 37.9 Å². The van der Waals surface area contributed by atoms with E-state index in [9.17, 15) is 9.59 Å². The molecule has 110 valence electrons. The fourth-order valence-corrected chi connectivity index (χ4v) is 2.01. The third-order valence-electron chi connectivity index (χ3n) is 3.23. The Morgan fingerprint density at radius 1 is 1.32 bits per heavy atom. The number of hydrogen-bond donors (Lipinski definition) is 3. The molecule has 0 radical (unpaired) electrons. The summed E-state index contributed by atoms with van der Waals surface area (Å²) >= 11 is 0. The highest BCUT2D eigenvalue weighted by molar-refractivity contribution is 5.79. The van der Waals surface area contributed by atoms with Gasteiger partial charge in [-0.3, -0.25) is 9.59 Å². The van der Waals surface area contributed by atoms with Crippen LogP contribution in [-0.4, -0.2) is 30.9 Å². The van der Waals surface area contributed by atoms with Crippen molar-refractivity contribution in [2.24, 2.45) is 17.6 Å². The molecule has 2 amide bonds. The van der Waals surface area contributed by atoms with Crippen LogP contribution in [0.25, 0.3) is 0 Å². The van der Waals surface area contributed by atoms with E-state index < -0.39 is 0 Å². The van der Waals surface area contributed by atoms with Gasteiger partial charge in [0.15, 0.2) is 0 Å². The average Bonchev–Trinajstić information content (AvgIpc) is 3.14. The normalized spacial score (nSPS) is 16.2. The Kier molecular flexibility index (Phi) is 6.84. The van der Waals surface area contributed by atoms with E-state index in [1.165, 1.54) is 0 Å². The Bertz CT molecular complexity index is 301. The first-order valence-corrected chi connectivity index (χ1v) is 7.30. The monoisotopic (exact) mass is 269 g/mol. The van der Waals surface area contributed by atoms with Crippen molar-refractivity contribution >= 4 is 11.8 Å². The first-order valence-electron chi connectivity index (χ1n) is 7.30. The van der Waals surface area contributed by atoms with Crippen molar-refractivity contribution in [3.8, 4) is 0 Å². The lowest BCUT2D eigenvalue weighted by Crippen LogP contribution is -2.36. The molecule has 0 spiro atoms. The van der Waals surface area contributed by atoms with E-state index in [4.69, 9.17) is 5.73 Å². The number of nitrogens with two attached hydrogens (primary N) is 1. The second-order valence-electron chi connectivity index (χ2n) is 5.80. The summed E-state index contributed by atoms with van der Waals surface area (Å²) in [6, 6.07) is 0.412.